The minimum absolute atomic E-state index is 0.186. The number of rotatable bonds is 7. The van der Waals surface area contributed by atoms with Crippen LogP contribution < -0.4 is 0 Å². The number of hydrogen-bond acceptors (Lipinski definition) is 4. The molecule has 5 nitrogen and oxygen atoms in total. The Hall–Kier alpha value is -8.71. The maximum absolute atomic E-state index is 5.12. The van der Waals surface area contributed by atoms with Gasteiger partial charge in [-0.3, -0.25) is 0 Å². The lowest BCUT2D eigenvalue weighted by atomic mass is 9.86. The Kier molecular flexibility index (Phi) is 9.14. The first-order chi connectivity index (χ1) is 34.2. The molecule has 324 valence electrons. The van der Waals surface area contributed by atoms with Gasteiger partial charge in [0.1, 0.15) is 0 Å². The smallest absolute Gasteiger partial charge is 0.165 e. The second-order valence-corrected chi connectivity index (χ2v) is 19.0. The lowest BCUT2D eigenvalue weighted by molar-refractivity contribution is 0.827. The van der Waals surface area contributed by atoms with E-state index in [-0.39, 0.29) is 5.92 Å². The predicted molar refractivity (Wildman–Crippen MR) is 288 cm³/mol. The Bertz CT molecular complexity index is 4090. The SMILES string of the molecule is C1=CC(c2ccc3sc4c(-c5nc(-c6ccccc6)nc(-c6ccccc6)n5)cccc4c3c2)Cc2c1n(-c1ccccc1)c1ccc(-n3c4ccccc4c4ccc(-c5ccccc5)cc43)cc21. The lowest BCUT2D eigenvalue weighted by Gasteiger charge is -2.20. The van der Waals surface area contributed by atoms with E-state index in [2.05, 4.69) is 203 Å². The van der Waals surface area contributed by atoms with Gasteiger partial charge in [-0.15, -0.1) is 11.3 Å². The van der Waals surface area contributed by atoms with Crippen molar-refractivity contribution < 1.29 is 0 Å². The third-order valence-electron chi connectivity index (χ3n) is 13.9. The molecule has 1 aliphatic carbocycles. The average molecular weight is 900 g/mol. The van der Waals surface area contributed by atoms with Gasteiger partial charge in [0.2, 0.25) is 0 Å². The number of hydrogen-bond donors (Lipinski definition) is 0. The number of nitrogens with zero attached hydrogens (tertiary/aromatic N) is 5. The Balaban J connectivity index is 0.892. The normalized spacial score (nSPS) is 13.5. The zero-order chi connectivity index (χ0) is 45.4. The van der Waals surface area contributed by atoms with Gasteiger partial charge >= 0.3 is 0 Å². The summed E-state index contributed by atoms with van der Waals surface area (Å²) >= 11 is 1.81. The summed E-state index contributed by atoms with van der Waals surface area (Å²) in [7, 11) is 0. The van der Waals surface area contributed by atoms with E-state index in [9.17, 15) is 0 Å². The highest BCUT2D eigenvalue weighted by molar-refractivity contribution is 7.26. The summed E-state index contributed by atoms with van der Waals surface area (Å²) < 4.78 is 7.33. The highest BCUT2D eigenvalue weighted by atomic mass is 32.1. The molecule has 0 aliphatic heterocycles. The Morgan fingerprint density at radius 1 is 0.406 bits per heavy atom. The molecule has 0 fully saturated rings. The van der Waals surface area contributed by atoms with E-state index in [0.717, 1.165) is 34.5 Å². The van der Waals surface area contributed by atoms with E-state index >= 15 is 0 Å². The van der Waals surface area contributed by atoms with Crippen molar-refractivity contribution in [1.29, 1.82) is 0 Å². The highest BCUT2D eigenvalue weighted by Crippen LogP contribution is 2.44. The topological polar surface area (TPSA) is 48.5 Å². The van der Waals surface area contributed by atoms with Gasteiger partial charge in [-0.05, 0) is 95.4 Å². The van der Waals surface area contributed by atoms with E-state index in [4.69, 9.17) is 15.0 Å². The molecule has 69 heavy (non-hydrogen) atoms. The average Bonchev–Trinajstić information content (AvgIpc) is 4.08. The summed E-state index contributed by atoms with van der Waals surface area (Å²) in [6, 6.07) is 78.3. The maximum atomic E-state index is 5.12. The van der Waals surface area contributed by atoms with Crippen LogP contribution in [0.3, 0.4) is 0 Å². The summed E-state index contributed by atoms with van der Waals surface area (Å²) in [4.78, 5) is 15.2. The molecule has 0 amide bonds. The molecule has 13 aromatic rings. The van der Waals surface area contributed by atoms with Crippen LogP contribution in [0, 0.1) is 0 Å². The molecule has 6 heteroatoms. The quantitative estimate of drug-likeness (QED) is 0.160. The molecule has 1 aliphatic rings. The van der Waals surface area contributed by atoms with Crippen LogP contribution in [0.5, 0.6) is 0 Å². The summed E-state index contributed by atoms with van der Waals surface area (Å²) in [6.07, 6.45) is 5.67. The minimum Gasteiger partial charge on any atom is -0.310 e. The predicted octanol–water partition coefficient (Wildman–Crippen LogP) is 16.3. The van der Waals surface area contributed by atoms with E-state index in [0.29, 0.717) is 17.5 Å². The van der Waals surface area contributed by atoms with Crippen molar-refractivity contribution in [2.75, 3.05) is 0 Å². The number of benzene rings is 9. The minimum atomic E-state index is 0.186. The zero-order valence-electron chi connectivity index (χ0n) is 37.4. The van der Waals surface area contributed by atoms with Crippen molar-refractivity contribution in [3.8, 4) is 56.7 Å². The van der Waals surface area contributed by atoms with Crippen molar-refractivity contribution in [2.24, 2.45) is 0 Å². The second kappa shape index (κ2) is 16.0. The standard InChI is InChI=1S/C63H41N5S/c1-5-16-40(17-6-1)45-28-32-49-48-24-13-14-27-55(48)68(58(49)38-45)47-31-34-57-53(39-47)52-36-43(29-33-56(52)67(57)46-22-11-4-12-23-46)44-30-35-59-54(37-44)50-25-15-26-51(60(50)69-59)63-65-61(41-18-7-2-8-19-41)64-62(66-63)42-20-9-3-10-21-42/h1-35,37-39,43H,36H2. The van der Waals surface area contributed by atoms with Crippen LogP contribution in [-0.2, 0) is 6.42 Å². The van der Waals surface area contributed by atoms with Crippen molar-refractivity contribution in [1.82, 2.24) is 24.1 Å². The van der Waals surface area contributed by atoms with Gasteiger partial charge in [0.05, 0.1) is 16.6 Å². The van der Waals surface area contributed by atoms with Gasteiger partial charge in [0, 0.05) is 76.0 Å². The van der Waals surface area contributed by atoms with Crippen LogP contribution in [0.4, 0.5) is 0 Å². The molecule has 4 aromatic heterocycles. The molecule has 9 aromatic carbocycles. The van der Waals surface area contributed by atoms with Crippen LogP contribution in [0.15, 0.2) is 224 Å². The molecular weight excluding hydrogens is 859 g/mol. The van der Waals surface area contributed by atoms with Crippen LogP contribution in [0.1, 0.15) is 22.7 Å². The van der Waals surface area contributed by atoms with Crippen molar-refractivity contribution in [3.05, 3.63) is 241 Å². The first-order valence-electron chi connectivity index (χ1n) is 23.5. The number of para-hydroxylation sites is 2. The summed E-state index contributed by atoms with van der Waals surface area (Å²) in [5, 5.41) is 6.25. The fraction of sp³-hybridized carbons (Fsp3) is 0.0317. The number of aromatic nitrogens is 5. The fourth-order valence-corrected chi connectivity index (χ4v) is 11.9. The van der Waals surface area contributed by atoms with E-state index in [1.165, 1.54) is 80.8 Å². The lowest BCUT2D eigenvalue weighted by Crippen LogP contribution is -2.07. The van der Waals surface area contributed by atoms with Crippen LogP contribution in [-0.4, -0.2) is 24.1 Å². The molecule has 1 unspecified atom stereocenters. The summed E-state index contributed by atoms with van der Waals surface area (Å²) in [5.41, 5.74) is 15.2. The molecule has 4 heterocycles. The first kappa shape index (κ1) is 39.5. The first-order valence-corrected chi connectivity index (χ1v) is 24.3. The summed E-state index contributed by atoms with van der Waals surface area (Å²) in [5.74, 6) is 2.19. The van der Waals surface area contributed by atoms with Crippen molar-refractivity contribution in [2.45, 2.75) is 12.3 Å². The van der Waals surface area contributed by atoms with E-state index in [1.807, 2.05) is 47.7 Å². The monoisotopic (exact) mass is 899 g/mol. The molecule has 1 atom stereocenters. The molecule has 0 saturated heterocycles. The third-order valence-corrected chi connectivity index (χ3v) is 15.2. The Labute approximate surface area is 402 Å². The fourth-order valence-electron chi connectivity index (χ4n) is 10.7. The Morgan fingerprint density at radius 2 is 1.04 bits per heavy atom. The van der Waals surface area contributed by atoms with Crippen LogP contribution in [0.25, 0.3) is 116 Å². The van der Waals surface area contributed by atoms with Gasteiger partial charge in [0.25, 0.3) is 0 Å². The van der Waals surface area contributed by atoms with Crippen LogP contribution in [0.2, 0.25) is 0 Å². The van der Waals surface area contributed by atoms with E-state index in [1.54, 1.807) is 0 Å². The molecular formula is C63H41N5S. The van der Waals surface area contributed by atoms with E-state index < -0.39 is 0 Å². The van der Waals surface area contributed by atoms with Gasteiger partial charge in [-0.2, -0.15) is 0 Å². The van der Waals surface area contributed by atoms with Gasteiger partial charge in [0.15, 0.2) is 17.5 Å². The summed E-state index contributed by atoms with van der Waals surface area (Å²) in [6.45, 7) is 0. The van der Waals surface area contributed by atoms with Crippen molar-refractivity contribution >= 4 is 70.3 Å². The number of thiophene rings is 1. The molecule has 0 bridgehead atoms. The number of fused-ring (bicyclic) bond motifs is 9. The molecule has 14 rings (SSSR count). The maximum Gasteiger partial charge on any atom is 0.165 e. The molecule has 0 N–H and O–H groups in total. The molecule has 0 spiro atoms. The molecule has 0 radical (unpaired) electrons. The largest absolute Gasteiger partial charge is 0.310 e. The van der Waals surface area contributed by atoms with Crippen LogP contribution >= 0.6 is 11.3 Å². The Morgan fingerprint density at radius 3 is 1.80 bits per heavy atom. The van der Waals surface area contributed by atoms with Gasteiger partial charge in [-0.25, -0.2) is 15.0 Å². The van der Waals surface area contributed by atoms with Gasteiger partial charge in [-0.1, -0.05) is 164 Å². The van der Waals surface area contributed by atoms with Crippen molar-refractivity contribution in [3.63, 3.8) is 0 Å². The van der Waals surface area contributed by atoms with Gasteiger partial charge < -0.3 is 9.13 Å². The highest BCUT2D eigenvalue weighted by Gasteiger charge is 2.26. The number of allylic oxidation sites excluding steroid dienone is 1. The second-order valence-electron chi connectivity index (χ2n) is 17.9. The third kappa shape index (κ3) is 6.56. The zero-order valence-corrected chi connectivity index (χ0v) is 38.2. The molecule has 0 saturated carbocycles.